The first-order chi connectivity index (χ1) is 15.5. The first-order valence-corrected chi connectivity index (χ1v) is 10.9. The number of likely N-dealkylation sites (N-methyl/N-ethyl adjacent to an activating group) is 2. The summed E-state index contributed by atoms with van der Waals surface area (Å²) in [6.45, 7) is 3.78. The number of benzene rings is 2. The number of aromatic nitrogens is 2. The van der Waals surface area contributed by atoms with Crippen LogP contribution in [0.25, 0.3) is 11.0 Å². The van der Waals surface area contributed by atoms with Crippen LogP contribution < -0.4 is 10.2 Å². The molecule has 1 aliphatic heterocycles. The van der Waals surface area contributed by atoms with Crippen LogP contribution in [0.1, 0.15) is 30.5 Å². The van der Waals surface area contributed by atoms with Gasteiger partial charge in [-0.15, -0.1) is 0 Å². The molecule has 7 heteroatoms. The molecule has 0 bridgehead atoms. The molecule has 0 radical (unpaired) electrons. The second-order valence-electron chi connectivity index (χ2n) is 8.48. The van der Waals surface area contributed by atoms with E-state index in [1.54, 1.807) is 12.4 Å². The summed E-state index contributed by atoms with van der Waals surface area (Å²) >= 11 is 0. The van der Waals surface area contributed by atoms with E-state index in [0.29, 0.717) is 23.5 Å². The number of hydrogen-bond acceptors (Lipinski definition) is 6. The molecule has 1 aliphatic rings. The van der Waals surface area contributed by atoms with Gasteiger partial charge in [0.05, 0.1) is 11.3 Å². The summed E-state index contributed by atoms with van der Waals surface area (Å²) in [6.07, 6.45) is 4.21. The topological polar surface area (TPSA) is 85.2 Å². The van der Waals surface area contributed by atoms with Gasteiger partial charge in [0, 0.05) is 38.6 Å². The van der Waals surface area contributed by atoms with Crippen LogP contribution >= 0.6 is 0 Å². The maximum absolute atomic E-state index is 13.4. The average molecular weight is 429 g/mol. The van der Waals surface area contributed by atoms with E-state index in [9.17, 15) is 10.1 Å². The lowest BCUT2D eigenvalue weighted by Crippen LogP contribution is -2.53. The van der Waals surface area contributed by atoms with Crippen molar-refractivity contribution in [3.8, 4) is 6.07 Å². The van der Waals surface area contributed by atoms with Crippen molar-refractivity contribution in [3.63, 3.8) is 0 Å². The molecule has 3 aromatic rings. The Morgan fingerprint density at radius 1 is 1.16 bits per heavy atom. The average Bonchev–Trinajstić information content (AvgIpc) is 2.83. The molecule has 0 saturated carbocycles. The van der Waals surface area contributed by atoms with Crippen LogP contribution in [0.15, 0.2) is 54.9 Å². The number of carbonyl (C=O) groups is 1. The predicted molar refractivity (Wildman–Crippen MR) is 125 cm³/mol. The molecule has 1 fully saturated rings. The number of carbonyl (C=O) groups excluding carboxylic acids is 1. The molecule has 0 aliphatic carbocycles. The lowest BCUT2D eigenvalue weighted by atomic mass is 9.93. The minimum atomic E-state index is -0.381. The first kappa shape index (κ1) is 21.7. The van der Waals surface area contributed by atoms with Gasteiger partial charge in [0.1, 0.15) is 23.1 Å². The molecule has 1 N–H and O–H groups in total. The first-order valence-electron chi connectivity index (χ1n) is 10.9. The van der Waals surface area contributed by atoms with Gasteiger partial charge in [0.2, 0.25) is 5.91 Å². The number of nitriles is 1. The van der Waals surface area contributed by atoms with E-state index in [-0.39, 0.29) is 18.0 Å². The zero-order chi connectivity index (χ0) is 22.7. The third-order valence-electron chi connectivity index (χ3n) is 6.27. The molecule has 7 nitrogen and oxygen atoms in total. The van der Waals surface area contributed by atoms with Crippen molar-refractivity contribution >= 4 is 22.6 Å². The summed E-state index contributed by atoms with van der Waals surface area (Å²) in [4.78, 5) is 26.5. The summed E-state index contributed by atoms with van der Waals surface area (Å²) < 4.78 is 0. The van der Waals surface area contributed by atoms with E-state index >= 15 is 0 Å². The van der Waals surface area contributed by atoms with Gasteiger partial charge in [-0.3, -0.25) is 14.8 Å². The standard InChI is InChI=1S/C25H28N6O/c1-17-13-20(30(3)25(32)23(27-2)18-7-5-4-6-8-18)16-31(15-17)21-10-9-19(14-26)22-24(21)29-12-11-28-22/h4-12,17,20,23,27H,13,15-16H2,1-3H3/t17-,20+,23+/m0/s1. The van der Waals surface area contributed by atoms with Crippen molar-refractivity contribution in [2.24, 2.45) is 5.92 Å². The van der Waals surface area contributed by atoms with Crippen LogP contribution in [-0.4, -0.2) is 54.0 Å². The molecule has 164 valence electrons. The Hall–Kier alpha value is -3.50. The zero-order valence-corrected chi connectivity index (χ0v) is 18.7. The summed E-state index contributed by atoms with van der Waals surface area (Å²) in [5, 5.41) is 12.6. The highest BCUT2D eigenvalue weighted by atomic mass is 16.2. The van der Waals surface area contributed by atoms with Crippen molar-refractivity contribution < 1.29 is 4.79 Å². The molecule has 2 aromatic carbocycles. The fraction of sp³-hybridized carbons (Fsp3) is 0.360. The van der Waals surface area contributed by atoms with E-state index < -0.39 is 0 Å². The number of piperidine rings is 1. The SMILES string of the molecule is CN[C@@H](C(=O)N(C)[C@@H]1C[C@H](C)CN(c2ccc(C#N)c3nccnc23)C1)c1ccccc1. The maximum Gasteiger partial charge on any atom is 0.244 e. The zero-order valence-electron chi connectivity index (χ0n) is 18.7. The molecule has 4 rings (SSSR count). The lowest BCUT2D eigenvalue weighted by Gasteiger charge is -2.42. The number of rotatable bonds is 5. The van der Waals surface area contributed by atoms with Gasteiger partial charge >= 0.3 is 0 Å². The predicted octanol–water partition coefficient (Wildman–Crippen LogP) is 3.14. The molecular weight excluding hydrogens is 400 g/mol. The van der Waals surface area contributed by atoms with E-state index in [1.165, 1.54) is 0 Å². The number of anilines is 1. The molecule has 1 amide bonds. The van der Waals surface area contributed by atoms with Gasteiger partial charge in [0.25, 0.3) is 0 Å². The summed E-state index contributed by atoms with van der Waals surface area (Å²) in [5.41, 5.74) is 3.78. The second-order valence-corrected chi connectivity index (χ2v) is 8.48. The molecule has 1 aromatic heterocycles. The smallest absolute Gasteiger partial charge is 0.244 e. The Morgan fingerprint density at radius 3 is 2.56 bits per heavy atom. The maximum atomic E-state index is 13.4. The summed E-state index contributed by atoms with van der Waals surface area (Å²) in [7, 11) is 3.72. The van der Waals surface area contributed by atoms with E-state index in [2.05, 4.69) is 33.2 Å². The van der Waals surface area contributed by atoms with Crippen LogP contribution in [0.2, 0.25) is 0 Å². The van der Waals surface area contributed by atoms with Gasteiger partial charge in [0.15, 0.2) is 0 Å². The number of fused-ring (bicyclic) bond motifs is 1. The van der Waals surface area contributed by atoms with Gasteiger partial charge < -0.3 is 15.1 Å². The molecule has 0 spiro atoms. The lowest BCUT2D eigenvalue weighted by molar-refractivity contribution is -0.134. The van der Waals surface area contributed by atoms with Gasteiger partial charge in [-0.2, -0.15) is 5.26 Å². The second kappa shape index (κ2) is 9.33. The molecule has 0 unspecified atom stereocenters. The van der Waals surface area contributed by atoms with Crippen molar-refractivity contribution in [2.45, 2.75) is 25.4 Å². The third kappa shape index (κ3) is 4.14. The van der Waals surface area contributed by atoms with Crippen LogP contribution in [0.4, 0.5) is 5.69 Å². The monoisotopic (exact) mass is 428 g/mol. The molecule has 3 atom stereocenters. The van der Waals surface area contributed by atoms with Crippen LogP contribution in [0.3, 0.4) is 0 Å². The molecule has 2 heterocycles. The van der Waals surface area contributed by atoms with E-state index in [4.69, 9.17) is 0 Å². The van der Waals surface area contributed by atoms with Crippen molar-refractivity contribution in [1.82, 2.24) is 20.2 Å². The minimum Gasteiger partial charge on any atom is -0.367 e. The van der Waals surface area contributed by atoms with Gasteiger partial charge in [-0.1, -0.05) is 37.3 Å². The fourth-order valence-corrected chi connectivity index (χ4v) is 4.65. The van der Waals surface area contributed by atoms with E-state index in [0.717, 1.165) is 29.7 Å². The molecule has 32 heavy (non-hydrogen) atoms. The number of nitrogens with one attached hydrogen (secondary N) is 1. The number of nitrogens with zero attached hydrogens (tertiary/aromatic N) is 5. The normalized spacial score (nSPS) is 19.4. The van der Waals surface area contributed by atoms with Crippen molar-refractivity contribution in [2.75, 3.05) is 32.1 Å². The van der Waals surface area contributed by atoms with Gasteiger partial charge in [-0.25, -0.2) is 0 Å². The number of amides is 1. The highest BCUT2D eigenvalue weighted by Crippen LogP contribution is 2.31. The van der Waals surface area contributed by atoms with Crippen molar-refractivity contribution in [3.05, 3.63) is 66.0 Å². The summed E-state index contributed by atoms with van der Waals surface area (Å²) in [6, 6.07) is 15.5. The van der Waals surface area contributed by atoms with Crippen LogP contribution in [-0.2, 0) is 4.79 Å². The Morgan fingerprint density at radius 2 is 1.88 bits per heavy atom. The largest absolute Gasteiger partial charge is 0.367 e. The highest BCUT2D eigenvalue weighted by molar-refractivity contribution is 5.92. The third-order valence-corrected chi connectivity index (χ3v) is 6.27. The Balaban J connectivity index is 1.61. The highest BCUT2D eigenvalue weighted by Gasteiger charge is 2.33. The fourth-order valence-electron chi connectivity index (χ4n) is 4.65. The summed E-state index contributed by atoms with van der Waals surface area (Å²) in [5.74, 6) is 0.457. The van der Waals surface area contributed by atoms with Crippen molar-refractivity contribution in [1.29, 1.82) is 5.26 Å². The Bertz CT molecular complexity index is 1140. The van der Waals surface area contributed by atoms with Crippen LogP contribution in [0.5, 0.6) is 0 Å². The molecular formula is C25H28N6O. The number of hydrogen-bond donors (Lipinski definition) is 1. The quantitative estimate of drug-likeness (QED) is 0.672. The molecule has 1 saturated heterocycles. The minimum absolute atomic E-state index is 0.0576. The van der Waals surface area contributed by atoms with Gasteiger partial charge in [-0.05, 0) is 37.1 Å². The Kier molecular flexibility index (Phi) is 6.33. The van der Waals surface area contributed by atoms with Crippen LogP contribution in [0, 0.1) is 17.2 Å². The Labute approximate surface area is 188 Å². The van der Waals surface area contributed by atoms with E-state index in [1.807, 2.05) is 61.5 Å².